The normalized spacial score (nSPS) is 10.4. The first kappa shape index (κ1) is 14.9. The highest BCUT2D eigenvalue weighted by Crippen LogP contribution is 2.29. The summed E-state index contributed by atoms with van der Waals surface area (Å²) in [6.45, 7) is 0.592. The number of para-hydroxylation sites is 1. The molecule has 0 heterocycles. The summed E-state index contributed by atoms with van der Waals surface area (Å²) in [4.78, 5) is 1.91. The Bertz CT molecular complexity index is 619. The van der Waals surface area contributed by atoms with Gasteiger partial charge in [0.15, 0.2) is 0 Å². The third-order valence-electron chi connectivity index (χ3n) is 3.08. The predicted molar refractivity (Wildman–Crippen MR) is 88.6 cm³/mol. The maximum absolute atomic E-state index is 13.7. The van der Waals surface area contributed by atoms with Gasteiger partial charge in [-0.1, -0.05) is 18.2 Å². The van der Waals surface area contributed by atoms with Crippen LogP contribution in [0.2, 0.25) is 0 Å². The molecule has 0 radical (unpaired) electrons. The summed E-state index contributed by atoms with van der Waals surface area (Å²) in [7, 11) is 3.52. The molecule has 0 aliphatic rings. The minimum atomic E-state index is -0.262. The first-order valence-corrected chi connectivity index (χ1v) is 7.18. The third kappa shape index (κ3) is 3.15. The number of nitrogen functional groups attached to an aromatic ring is 1. The molecule has 0 atom stereocenters. The smallest absolute Gasteiger partial charge is 0.138 e. The molecule has 106 valence electrons. The summed E-state index contributed by atoms with van der Waals surface area (Å²) in [6, 6.07) is 10.9. The van der Waals surface area contributed by atoms with E-state index in [0.29, 0.717) is 21.5 Å². The molecular weight excluding hydrogens is 370 g/mol. The van der Waals surface area contributed by atoms with Crippen LogP contribution in [0.25, 0.3) is 0 Å². The standard InChI is InChI=1S/C15H16FIN2O/c1-19(9-10-5-3-4-6-15(10)20-2)14-7-11(16)12(17)8-13(14)18/h3-8H,9,18H2,1-2H3. The number of halogens is 2. The molecule has 2 rings (SSSR count). The molecule has 5 heteroatoms. The molecule has 2 N–H and O–H groups in total. The number of hydrogen-bond donors (Lipinski definition) is 1. The van der Waals surface area contributed by atoms with E-state index in [2.05, 4.69) is 0 Å². The minimum Gasteiger partial charge on any atom is -0.496 e. The molecule has 3 nitrogen and oxygen atoms in total. The molecule has 0 bridgehead atoms. The Balaban J connectivity index is 2.28. The van der Waals surface area contributed by atoms with E-state index in [0.717, 1.165) is 11.3 Å². The molecule has 0 aliphatic heterocycles. The molecule has 0 unspecified atom stereocenters. The fourth-order valence-electron chi connectivity index (χ4n) is 2.06. The molecule has 20 heavy (non-hydrogen) atoms. The number of ether oxygens (including phenoxy) is 1. The fraction of sp³-hybridized carbons (Fsp3) is 0.200. The maximum Gasteiger partial charge on any atom is 0.138 e. The van der Waals surface area contributed by atoms with E-state index in [9.17, 15) is 4.39 Å². The lowest BCUT2D eigenvalue weighted by Crippen LogP contribution is -2.18. The van der Waals surface area contributed by atoms with Gasteiger partial charge in [-0.25, -0.2) is 4.39 Å². The van der Waals surface area contributed by atoms with Crippen molar-refractivity contribution in [2.45, 2.75) is 6.54 Å². The highest BCUT2D eigenvalue weighted by Gasteiger charge is 2.12. The van der Waals surface area contributed by atoms with Crippen molar-refractivity contribution >= 4 is 34.0 Å². The Labute approximate surface area is 131 Å². The van der Waals surface area contributed by atoms with Crippen molar-refractivity contribution in [3.05, 3.63) is 51.3 Å². The number of hydrogen-bond acceptors (Lipinski definition) is 3. The Morgan fingerprint density at radius 2 is 2.00 bits per heavy atom. The quantitative estimate of drug-likeness (QED) is 0.644. The Morgan fingerprint density at radius 1 is 1.30 bits per heavy atom. The summed E-state index contributed by atoms with van der Waals surface area (Å²) in [5.41, 5.74) is 8.23. The molecule has 0 amide bonds. The van der Waals surface area contributed by atoms with Gasteiger partial charge >= 0.3 is 0 Å². The second-order valence-electron chi connectivity index (χ2n) is 4.49. The SMILES string of the molecule is COc1ccccc1CN(C)c1cc(F)c(I)cc1N. The number of anilines is 2. The number of rotatable bonds is 4. The van der Waals surface area contributed by atoms with Crippen LogP contribution < -0.4 is 15.4 Å². The van der Waals surface area contributed by atoms with Gasteiger partial charge in [0, 0.05) is 25.2 Å². The van der Waals surface area contributed by atoms with E-state index >= 15 is 0 Å². The topological polar surface area (TPSA) is 38.5 Å². The lowest BCUT2D eigenvalue weighted by atomic mass is 10.1. The summed E-state index contributed by atoms with van der Waals surface area (Å²) in [5, 5.41) is 0. The number of methoxy groups -OCH3 is 1. The zero-order chi connectivity index (χ0) is 14.7. The van der Waals surface area contributed by atoms with E-state index in [1.165, 1.54) is 6.07 Å². The summed E-state index contributed by atoms with van der Waals surface area (Å²) < 4.78 is 19.5. The van der Waals surface area contributed by atoms with E-state index in [1.807, 2.05) is 58.8 Å². The van der Waals surface area contributed by atoms with Gasteiger partial charge in [0.05, 0.1) is 22.1 Å². The highest BCUT2D eigenvalue weighted by atomic mass is 127. The van der Waals surface area contributed by atoms with Gasteiger partial charge in [0.2, 0.25) is 0 Å². The van der Waals surface area contributed by atoms with Crippen LogP contribution in [0.5, 0.6) is 5.75 Å². The summed E-state index contributed by atoms with van der Waals surface area (Å²) >= 11 is 1.93. The van der Waals surface area contributed by atoms with Crippen molar-refractivity contribution in [1.29, 1.82) is 0 Å². The van der Waals surface area contributed by atoms with Crippen LogP contribution in [-0.2, 0) is 6.54 Å². The maximum atomic E-state index is 13.7. The Kier molecular flexibility index (Phi) is 4.69. The van der Waals surface area contributed by atoms with Crippen molar-refractivity contribution < 1.29 is 9.13 Å². The van der Waals surface area contributed by atoms with Gasteiger partial charge in [-0.2, -0.15) is 0 Å². The molecule has 0 aromatic heterocycles. The third-order valence-corrected chi connectivity index (χ3v) is 3.91. The van der Waals surface area contributed by atoms with Gasteiger partial charge in [0.25, 0.3) is 0 Å². The van der Waals surface area contributed by atoms with E-state index < -0.39 is 0 Å². The van der Waals surface area contributed by atoms with Gasteiger partial charge in [0.1, 0.15) is 11.6 Å². The summed E-state index contributed by atoms with van der Waals surface area (Å²) in [5.74, 6) is 0.547. The van der Waals surface area contributed by atoms with Gasteiger partial charge in [-0.15, -0.1) is 0 Å². The highest BCUT2D eigenvalue weighted by molar-refractivity contribution is 14.1. The van der Waals surface area contributed by atoms with E-state index in [1.54, 1.807) is 13.2 Å². The molecule has 2 aromatic rings. The lowest BCUT2D eigenvalue weighted by Gasteiger charge is -2.22. The molecule has 0 saturated heterocycles. The molecule has 0 spiro atoms. The number of benzene rings is 2. The van der Waals surface area contributed by atoms with Gasteiger partial charge < -0.3 is 15.4 Å². The zero-order valence-electron chi connectivity index (χ0n) is 11.4. The van der Waals surface area contributed by atoms with Crippen LogP contribution >= 0.6 is 22.6 Å². The van der Waals surface area contributed by atoms with Gasteiger partial charge in [-0.3, -0.25) is 0 Å². The van der Waals surface area contributed by atoms with Crippen LogP contribution in [0.15, 0.2) is 36.4 Å². The van der Waals surface area contributed by atoms with Crippen LogP contribution in [0.1, 0.15) is 5.56 Å². The fourth-order valence-corrected chi connectivity index (χ4v) is 2.55. The van der Waals surface area contributed by atoms with Gasteiger partial charge in [-0.05, 0) is 34.7 Å². The largest absolute Gasteiger partial charge is 0.496 e. The Hall–Kier alpha value is -1.50. The second kappa shape index (κ2) is 6.30. The average molecular weight is 386 g/mol. The first-order chi connectivity index (χ1) is 9.52. The lowest BCUT2D eigenvalue weighted by molar-refractivity contribution is 0.409. The van der Waals surface area contributed by atoms with Crippen molar-refractivity contribution in [3.63, 3.8) is 0 Å². The van der Waals surface area contributed by atoms with Crippen molar-refractivity contribution in [3.8, 4) is 5.75 Å². The molecule has 0 aliphatic carbocycles. The van der Waals surface area contributed by atoms with Crippen LogP contribution in [0.4, 0.5) is 15.8 Å². The zero-order valence-corrected chi connectivity index (χ0v) is 13.5. The average Bonchev–Trinajstić information content (AvgIpc) is 2.43. The molecule has 0 saturated carbocycles. The van der Waals surface area contributed by atoms with E-state index in [-0.39, 0.29) is 5.82 Å². The van der Waals surface area contributed by atoms with Crippen LogP contribution in [0.3, 0.4) is 0 Å². The van der Waals surface area contributed by atoms with Crippen LogP contribution in [-0.4, -0.2) is 14.2 Å². The van der Waals surface area contributed by atoms with Crippen molar-refractivity contribution in [2.24, 2.45) is 0 Å². The molecule has 0 fully saturated rings. The number of nitrogens with zero attached hydrogens (tertiary/aromatic N) is 1. The number of nitrogens with two attached hydrogens (primary N) is 1. The monoisotopic (exact) mass is 386 g/mol. The van der Waals surface area contributed by atoms with Crippen LogP contribution in [0, 0.1) is 9.39 Å². The Morgan fingerprint density at radius 3 is 2.70 bits per heavy atom. The molecule has 2 aromatic carbocycles. The predicted octanol–water partition coefficient (Wildman–Crippen LogP) is 3.66. The molecular formula is C15H16FIN2O. The summed E-state index contributed by atoms with van der Waals surface area (Å²) in [6.07, 6.45) is 0. The minimum absolute atomic E-state index is 0.262. The van der Waals surface area contributed by atoms with Crippen molar-refractivity contribution in [2.75, 3.05) is 24.8 Å². The second-order valence-corrected chi connectivity index (χ2v) is 5.66. The van der Waals surface area contributed by atoms with Crippen molar-refractivity contribution in [1.82, 2.24) is 0 Å². The van der Waals surface area contributed by atoms with E-state index in [4.69, 9.17) is 10.5 Å². The first-order valence-electron chi connectivity index (χ1n) is 6.10.